The molecule has 1 amide bonds. The highest BCUT2D eigenvalue weighted by Gasteiger charge is 2.04. The summed E-state index contributed by atoms with van der Waals surface area (Å²) in [7, 11) is 0. The predicted molar refractivity (Wildman–Crippen MR) is 127 cm³/mol. The average molecular weight is 407 g/mol. The van der Waals surface area contributed by atoms with Crippen LogP contribution in [0.25, 0.3) is 0 Å². The van der Waals surface area contributed by atoms with Crippen molar-refractivity contribution in [2.75, 3.05) is 19.6 Å². The van der Waals surface area contributed by atoms with Crippen LogP contribution < -0.4 is 10.6 Å². The summed E-state index contributed by atoms with van der Waals surface area (Å²) in [6, 6.07) is 0. The van der Waals surface area contributed by atoms with E-state index in [4.69, 9.17) is 0 Å². The highest BCUT2D eigenvalue weighted by Crippen LogP contribution is 2.19. The standard InChI is InChI=1S/C26H50N2O/c1-2-3-4-5-6-7-8-9-10-11-12-13-14-18-22-28-26(29)24-27-23-21-25-19-16-15-17-20-25/h19,27H,2-18,20-24H2,1H3,(H,28,29). The molecule has 0 aromatic heterocycles. The molecular formula is C26H50N2O. The molecule has 0 radical (unpaired) electrons. The fraction of sp³-hybridized carbons (Fsp3) is 0.885. The number of amides is 1. The maximum atomic E-state index is 11.8. The molecule has 3 nitrogen and oxygen atoms in total. The van der Waals surface area contributed by atoms with E-state index in [1.807, 2.05) is 0 Å². The van der Waals surface area contributed by atoms with Crippen LogP contribution in [0, 0.1) is 0 Å². The van der Waals surface area contributed by atoms with Crippen molar-refractivity contribution in [1.29, 1.82) is 0 Å². The first kappa shape index (κ1) is 26.2. The van der Waals surface area contributed by atoms with E-state index >= 15 is 0 Å². The van der Waals surface area contributed by atoms with Gasteiger partial charge < -0.3 is 10.6 Å². The second-order valence-electron chi connectivity index (χ2n) is 8.98. The topological polar surface area (TPSA) is 41.1 Å². The summed E-state index contributed by atoms with van der Waals surface area (Å²) < 4.78 is 0. The second kappa shape index (κ2) is 20.4. The molecular weight excluding hydrogens is 356 g/mol. The van der Waals surface area contributed by atoms with Gasteiger partial charge in [0.15, 0.2) is 0 Å². The Morgan fingerprint density at radius 3 is 1.93 bits per heavy atom. The lowest BCUT2D eigenvalue weighted by atomic mass is 9.97. The lowest BCUT2D eigenvalue weighted by Gasteiger charge is -2.12. The van der Waals surface area contributed by atoms with Gasteiger partial charge in [0.25, 0.3) is 0 Å². The SMILES string of the molecule is CCCCCCCCCCCCCCCCNC(=O)CNCCC1=CCCCC1. The number of carbonyl (C=O) groups excluding carboxylic acids is 1. The van der Waals surface area contributed by atoms with Crippen LogP contribution in [0.1, 0.15) is 129 Å². The van der Waals surface area contributed by atoms with E-state index in [9.17, 15) is 4.79 Å². The van der Waals surface area contributed by atoms with E-state index in [0.29, 0.717) is 6.54 Å². The molecule has 0 unspecified atom stereocenters. The maximum absolute atomic E-state index is 11.8. The van der Waals surface area contributed by atoms with Crippen molar-refractivity contribution in [2.24, 2.45) is 0 Å². The van der Waals surface area contributed by atoms with Gasteiger partial charge in [-0.2, -0.15) is 0 Å². The Morgan fingerprint density at radius 2 is 1.38 bits per heavy atom. The van der Waals surface area contributed by atoms with E-state index in [2.05, 4.69) is 23.6 Å². The minimum absolute atomic E-state index is 0.150. The van der Waals surface area contributed by atoms with Gasteiger partial charge in [-0.3, -0.25) is 4.79 Å². The predicted octanol–water partition coefficient (Wildman–Crippen LogP) is 7.06. The van der Waals surface area contributed by atoms with Crippen molar-refractivity contribution in [3.63, 3.8) is 0 Å². The molecule has 0 spiro atoms. The van der Waals surface area contributed by atoms with Gasteiger partial charge in [0.1, 0.15) is 0 Å². The minimum Gasteiger partial charge on any atom is -0.355 e. The lowest BCUT2D eigenvalue weighted by Crippen LogP contribution is -2.34. The van der Waals surface area contributed by atoms with Crippen LogP contribution in [0.2, 0.25) is 0 Å². The smallest absolute Gasteiger partial charge is 0.233 e. The van der Waals surface area contributed by atoms with Crippen LogP contribution in [-0.2, 0) is 4.79 Å². The molecule has 2 N–H and O–H groups in total. The van der Waals surface area contributed by atoms with Crippen molar-refractivity contribution < 1.29 is 4.79 Å². The van der Waals surface area contributed by atoms with Gasteiger partial charge in [-0.25, -0.2) is 0 Å². The Morgan fingerprint density at radius 1 is 0.793 bits per heavy atom. The summed E-state index contributed by atoms with van der Waals surface area (Å²) in [5, 5.41) is 6.33. The first-order chi connectivity index (χ1) is 14.3. The van der Waals surface area contributed by atoms with E-state index < -0.39 is 0 Å². The summed E-state index contributed by atoms with van der Waals surface area (Å²) in [6.07, 6.45) is 27.9. The molecule has 0 aliphatic heterocycles. The molecule has 0 saturated heterocycles. The molecule has 29 heavy (non-hydrogen) atoms. The minimum atomic E-state index is 0.150. The Bertz CT molecular complexity index is 406. The zero-order valence-corrected chi connectivity index (χ0v) is 19.5. The number of allylic oxidation sites excluding steroid dienone is 1. The number of nitrogens with one attached hydrogen (secondary N) is 2. The maximum Gasteiger partial charge on any atom is 0.233 e. The summed E-state index contributed by atoms with van der Waals surface area (Å²) >= 11 is 0. The summed E-state index contributed by atoms with van der Waals surface area (Å²) in [6.45, 7) is 4.51. The highest BCUT2D eigenvalue weighted by molar-refractivity contribution is 5.77. The van der Waals surface area contributed by atoms with E-state index in [1.165, 1.54) is 109 Å². The highest BCUT2D eigenvalue weighted by atomic mass is 16.1. The number of unbranched alkanes of at least 4 members (excludes halogenated alkanes) is 13. The van der Waals surface area contributed by atoms with Gasteiger partial charge in [0.2, 0.25) is 5.91 Å². The van der Waals surface area contributed by atoms with Gasteiger partial charge in [0, 0.05) is 6.54 Å². The van der Waals surface area contributed by atoms with Crippen molar-refractivity contribution in [1.82, 2.24) is 10.6 Å². The normalized spacial score (nSPS) is 14.0. The molecule has 0 aromatic rings. The van der Waals surface area contributed by atoms with Gasteiger partial charge in [-0.05, 0) is 45.1 Å². The van der Waals surface area contributed by atoms with Crippen molar-refractivity contribution in [3.8, 4) is 0 Å². The Labute approximate surface area is 181 Å². The third-order valence-electron chi connectivity index (χ3n) is 6.15. The molecule has 1 rings (SSSR count). The van der Waals surface area contributed by atoms with Crippen molar-refractivity contribution >= 4 is 5.91 Å². The van der Waals surface area contributed by atoms with Crippen LogP contribution in [-0.4, -0.2) is 25.5 Å². The van der Waals surface area contributed by atoms with Crippen molar-refractivity contribution in [3.05, 3.63) is 11.6 Å². The first-order valence-electron chi connectivity index (χ1n) is 13.0. The fourth-order valence-corrected chi connectivity index (χ4v) is 4.19. The van der Waals surface area contributed by atoms with Crippen LogP contribution >= 0.6 is 0 Å². The summed E-state index contributed by atoms with van der Waals surface area (Å²) in [4.78, 5) is 11.8. The van der Waals surface area contributed by atoms with E-state index in [0.717, 1.165) is 25.9 Å². The zero-order valence-electron chi connectivity index (χ0n) is 19.5. The van der Waals surface area contributed by atoms with Gasteiger partial charge >= 0.3 is 0 Å². The van der Waals surface area contributed by atoms with Crippen LogP contribution in [0.15, 0.2) is 11.6 Å². The summed E-state index contributed by atoms with van der Waals surface area (Å²) in [5.74, 6) is 0.150. The van der Waals surface area contributed by atoms with E-state index in [1.54, 1.807) is 5.57 Å². The number of carbonyl (C=O) groups is 1. The molecule has 0 fully saturated rings. The zero-order chi connectivity index (χ0) is 20.8. The Balaban J connectivity index is 1.73. The van der Waals surface area contributed by atoms with Crippen LogP contribution in [0.5, 0.6) is 0 Å². The number of rotatable bonds is 20. The van der Waals surface area contributed by atoms with Gasteiger partial charge in [-0.1, -0.05) is 102 Å². The second-order valence-corrected chi connectivity index (χ2v) is 8.98. The average Bonchev–Trinajstić information content (AvgIpc) is 2.75. The van der Waals surface area contributed by atoms with Crippen LogP contribution in [0.4, 0.5) is 0 Å². The van der Waals surface area contributed by atoms with E-state index in [-0.39, 0.29) is 5.91 Å². The molecule has 0 saturated carbocycles. The lowest BCUT2D eigenvalue weighted by molar-refractivity contribution is -0.120. The molecule has 0 heterocycles. The third-order valence-corrected chi connectivity index (χ3v) is 6.15. The molecule has 0 aromatic carbocycles. The first-order valence-corrected chi connectivity index (χ1v) is 13.0. The fourth-order valence-electron chi connectivity index (χ4n) is 4.19. The molecule has 170 valence electrons. The van der Waals surface area contributed by atoms with Gasteiger partial charge in [0.05, 0.1) is 6.54 Å². The summed E-state index contributed by atoms with van der Waals surface area (Å²) in [5.41, 5.74) is 1.58. The van der Waals surface area contributed by atoms with Crippen molar-refractivity contribution in [2.45, 2.75) is 129 Å². The largest absolute Gasteiger partial charge is 0.355 e. The molecule has 1 aliphatic carbocycles. The molecule has 1 aliphatic rings. The van der Waals surface area contributed by atoms with Gasteiger partial charge in [-0.15, -0.1) is 0 Å². The molecule has 3 heteroatoms. The molecule has 0 atom stereocenters. The quantitative estimate of drug-likeness (QED) is 0.168. The van der Waals surface area contributed by atoms with Crippen LogP contribution in [0.3, 0.4) is 0 Å². The third kappa shape index (κ3) is 17.7. The number of hydrogen-bond donors (Lipinski definition) is 2. The Kier molecular flexibility index (Phi) is 18.5. The number of hydrogen-bond acceptors (Lipinski definition) is 2. The molecule has 0 bridgehead atoms. The Hall–Kier alpha value is -0.830. The monoisotopic (exact) mass is 406 g/mol.